The number of rotatable bonds is 5. The van der Waals surface area contributed by atoms with Gasteiger partial charge in [-0.05, 0) is 12.2 Å². The quantitative estimate of drug-likeness (QED) is 0.355. The highest BCUT2D eigenvalue weighted by atomic mass is 32.1. The average molecular weight is 161 g/mol. The number of aliphatic imine (C=N–C) groups is 1. The van der Waals surface area contributed by atoms with E-state index >= 15 is 0 Å². The molecule has 0 aliphatic heterocycles. The number of isothiocyanates is 1. The molecule has 0 aliphatic carbocycles. The second-order valence-corrected chi connectivity index (χ2v) is 1.60. The van der Waals surface area contributed by atoms with Crippen molar-refractivity contribution in [3.63, 3.8) is 0 Å². The third-order valence-electron chi connectivity index (χ3n) is 0.638. The minimum absolute atomic E-state index is 0.274. The van der Waals surface area contributed by atoms with Crippen molar-refractivity contribution in [2.24, 2.45) is 4.99 Å². The summed E-state index contributed by atoms with van der Waals surface area (Å²) in [5.74, 6) is -0.980. The first-order valence-corrected chi connectivity index (χ1v) is 3.01. The zero-order valence-electron chi connectivity index (χ0n) is 5.24. The molecule has 5 heteroatoms. The van der Waals surface area contributed by atoms with Crippen molar-refractivity contribution in [3.8, 4) is 0 Å². The van der Waals surface area contributed by atoms with Gasteiger partial charge in [0, 0.05) is 0 Å². The van der Waals surface area contributed by atoms with Gasteiger partial charge in [-0.2, -0.15) is 0 Å². The van der Waals surface area contributed by atoms with Crippen LogP contribution in [0.3, 0.4) is 0 Å². The Bertz CT molecular complexity index is 149. The molecule has 10 heavy (non-hydrogen) atoms. The van der Waals surface area contributed by atoms with Gasteiger partial charge in [0.2, 0.25) is 0 Å². The Morgan fingerprint density at radius 1 is 1.80 bits per heavy atom. The van der Waals surface area contributed by atoms with Gasteiger partial charge in [0.1, 0.15) is 6.61 Å². The fourth-order valence-electron chi connectivity index (χ4n) is 0.315. The third kappa shape index (κ3) is 7.23. The van der Waals surface area contributed by atoms with Crippen LogP contribution in [0.5, 0.6) is 0 Å². The predicted octanol–water partition coefficient (Wildman–Crippen LogP) is 0.190. The standard InChI is InChI=1S/C5H7NO3S/c7-5(8)3-9-2-1-6-4-10/h1-3H2,(H,7,8). The molecule has 0 fully saturated rings. The lowest BCUT2D eigenvalue weighted by Crippen LogP contribution is -2.08. The highest BCUT2D eigenvalue weighted by Crippen LogP contribution is 1.75. The average Bonchev–Trinajstić information content (AvgIpc) is 1.87. The molecule has 0 saturated carbocycles. The van der Waals surface area contributed by atoms with Gasteiger partial charge in [-0.25, -0.2) is 9.79 Å². The van der Waals surface area contributed by atoms with Crippen LogP contribution in [0.4, 0.5) is 0 Å². The lowest BCUT2D eigenvalue weighted by Gasteiger charge is -1.94. The van der Waals surface area contributed by atoms with Gasteiger partial charge in [0.25, 0.3) is 0 Å². The van der Waals surface area contributed by atoms with E-state index in [0.717, 1.165) is 0 Å². The van der Waals surface area contributed by atoms with E-state index < -0.39 is 5.97 Å². The SMILES string of the molecule is O=C(O)COCCN=C=S. The highest BCUT2D eigenvalue weighted by Gasteiger charge is 1.93. The largest absolute Gasteiger partial charge is 0.480 e. The molecule has 0 aliphatic rings. The number of carboxylic acids is 1. The van der Waals surface area contributed by atoms with Crippen molar-refractivity contribution in [3.05, 3.63) is 0 Å². The molecular weight excluding hydrogens is 154 g/mol. The summed E-state index contributed by atoms with van der Waals surface area (Å²) in [6.07, 6.45) is 0. The van der Waals surface area contributed by atoms with Gasteiger partial charge in [0.15, 0.2) is 0 Å². The smallest absolute Gasteiger partial charge is 0.329 e. The van der Waals surface area contributed by atoms with Gasteiger partial charge in [-0.3, -0.25) is 0 Å². The van der Waals surface area contributed by atoms with E-state index in [9.17, 15) is 4.79 Å². The highest BCUT2D eigenvalue weighted by molar-refractivity contribution is 7.78. The summed E-state index contributed by atoms with van der Waals surface area (Å²) in [7, 11) is 0. The van der Waals surface area contributed by atoms with Crippen molar-refractivity contribution in [2.75, 3.05) is 19.8 Å². The van der Waals surface area contributed by atoms with E-state index in [0.29, 0.717) is 6.54 Å². The van der Waals surface area contributed by atoms with Crippen LogP contribution in [-0.4, -0.2) is 36.0 Å². The van der Waals surface area contributed by atoms with Gasteiger partial charge in [0.05, 0.1) is 18.3 Å². The zero-order valence-corrected chi connectivity index (χ0v) is 6.06. The molecule has 0 aromatic heterocycles. The van der Waals surface area contributed by atoms with Crippen LogP contribution in [0.2, 0.25) is 0 Å². The van der Waals surface area contributed by atoms with Gasteiger partial charge >= 0.3 is 5.97 Å². The summed E-state index contributed by atoms with van der Waals surface area (Å²) in [5, 5.41) is 10.2. The molecule has 0 rings (SSSR count). The second-order valence-electron chi connectivity index (χ2n) is 1.42. The molecular formula is C5H7NO3S. The maximum atomic E-state index is 9.84. The predicted molar refractivity (Wildman–Crippen MR) is 38.3 cm³/mol. The Kier molecular flexibility index (Phi) is 5.86. The van der Waals surface area contributed by atoms with Gasteiger partial charge in [-0.15, -0.1) is 0 Å². The summed E-state index contributed by atoms with van der Waals surface area (Å²) in [6, 6.07) is 0. The van der Waals surface area contributed by atoms with Crippen molar-refractivity contribution >= 4 is 23.3 Å². The van der Waals surface area contributed by atoms with E-state index in [4.69, 9.17) is 5.11 Å². The Morgan fingerprint density at radius 3 is 3.00 bits per heavy atom. The third-order valence-corrected chi connectivity index (χ3v) is 0.767. The molecule has 0 radical (unpaired) electrons. The molecule has 0 unspecified atom stereocenters. The van der Waals surface area contributed by atoms with Crippen LogP contribution < -0.4 is 0 Å². The van der Waals surface area contributed by atoms with E-state index in [1.165, 1.54) is 0 Å². The lowest BCUT2D eigenvalue weighted by atomic mass is 10.7. The maximum absolute atomic E-state index is 9.84. The number of carboxylic acid groups (broad SMARTS) is 1. The van der Waals surface area contributed by atoms with Crippen molar-refractivity contribution < 1.29 is 14.6 Å². The van der Waals surface area contributed by atoms with Gasteiger partial charge in [-0.1, -0.05) is 0 Å². The minimum atomic E-state index is -0.980. The van der Waals surface area contributed by atoms with Crippen LogP contribution in [0.15, 0.2) is 4.99 Å². The first-order valence-electron chi connectivity index (χ1n) is 2.60. The molecule has 0 bridgehead atoms. The fourth-order valence-corrected chi connectivity index (χ4v) is 0.407. The van der Waals surface area contributed by atoms with Crippen LogP contribution in [0, 0.1) is 0 Å². The topological polar surface area (TPSA) is 58.9 Å². The molecule has 0 spiro atoms. The Balaban J connectivity index is 3.05. The van der Waals surface area contributed by atoms with Crippen LogP contribution >= 0.6 is 12.2 Å². The molecule has 0 saturated heterocycles. The first-order chi connectivity index (χ1) is 4.77. The molecule has 1 N–H and O–H groups in total. The lowest BCUT2D eigenvalue weighted by molar-refractivity contribution is -0.142. The number of aliphatic carboxylic acids is 1. The Hall–Kier alpha value is -0.770. The van der Waals surface area contributed by atoms with Crippen molar-refractivity contribution in [1.29, 1.82) is 0 Å². The number of carbonyl (C=O) groups is 1. The van der Waals surface area contributed by atoms with Crippen LogP contribution in [0.25, 0.3) is 0 Å². The molecule has 0 heterocycles. The maximum Gasteiger partial charge on any atom is 0.329 e. The van der Waals surface area contributed by atoms with Crippen molar-refractivity contribution in [2.45, 2.75) is 0 Å². The summed E-state index contributed by atoms with van der Waals surface area (Å²) >= 11 is 4.26. The summed E-state index contributed by atoms with van der Waals surface area (Å²) < 4.78 is 4.62. The molecule has 0 atom stereocenters. The Labute approximate surface area is 63.5 Å². The number of hydrogen-bond acceptors (Lipinski definition) is 4. The number of hydrogen-bond donors (Lipinski definition) is 1. The Morgan fingerprint density at radius 2 is 2.50 bits per heavy atom. The van der Waals surface area contributed by atoms with Crippen molar-refractivity contribution in [1.82, 2.24) is 0 Å². The molecule has 56 valence electrons. The number of ether oxygens (including phenoxy) is 1. The summed E-state index contributed by atoms with van der Waals surface area (Å²) in [6.45, 7) is 0.361. The number of nitrogens with zero attached hydrogens (tertiary/aromatic N) is 1. The monoisotopic (exact) mass is 161 g/mol. The van der Waals surface area contributed by atoms with E-state index in [1.807, 2.05) is 0 Å². The molecule has 4 nitrogen and oxygen atoms in total. The first kappa shape index (κ1) is 9.23. The van der Waals surface area contributed by atoms with E-state index in [2.05, 4.69) is 27.1 Å². The molecule has 0 aromatic rings. The fraction of sp³-hybridized carbons (Fsp3) is 0.600. The summed E-state index contributed by atoms with van der Waals surface area (Å²) in [4.78, 5) is 13.4. The van der Waals surface area contributed by atoms with E-state index in [1.54, 1.807) is 0 Å². The molecule has 0 aromatic carbocycles. The van der Waals surface area contributed by atoms with E-state index in [-0.39, 0.29) is 13.2 Å². The zero-order chi connectivity index (χ0) is 7.82. The van der Waals surface area contributed by atoms with Crippen LogP contribution in [0.1, 0.15) is 0 Å². The normalized spacial score (nSPS) is 8.40. The van der Waals surface area contributed by atoms with Crippen LogP contribution in [-0.2, 0) is 9.53 Å². The van der Waals surface area contributed by atoms with Gasteiger partial charge < -0.3 is 9.84 Å². The minimum Gasteiger partial charge on any atom is -0.480 e. The second kappa shape index (κ2) is 6.35. The summed E-state index contributed by atoms with van der Waals surface area (Å²) in [5.41, 5.74) is 0. The number of thiocarbonyl (C=S) groups is 1. The molecule has 0 amide bonds.